The second-order valence-electron chi connectivity index (χ2n) is 3.91. The molecule has 1 fully saturated rings. The minimum absolute atomic E-state index is 0.163. The van der Waals surface area contributed by atoms with Gasteiger partial charge >= 0.3 is 5.97 Å². The first-order chi connectivity index (χ1) is 7.13. The number of likely N-dealkylation sites (N-methyl/N-ethyl adjacent to an activating group) is 1. The summed E-state index contributed by atoms with van der Waals surface area (Å²) in [5, 5.41) is 3.10. The fraction of sp³-hybridized carbons (Fsp3) is 0.900. The molecular formula is C10H20N2O3. The molecular weight excluding hydrogens is 196 g/mol. The lowest BCUT2D eigenvalue weighted by atomic mass is 10.2. The lowest BCUT2D eigenvalue weighted by Crippen LogP contribution is -2.47. The summed E-state index contributed by atoms with van der Waals surface area (Å²) in [7, 11) is 3.46. The number of carbonyl (C=O) groups excluding carboxylic acids is 1. The van der Waals surface area contributed by atoms with E-state index in [-0.39, 0.29) is 18.1 Å². The maximum Gasteiger partial charge on any atom is 0.322 e. The molecule has 1 rings (SSSR count). The van der Waals surface area contributed by atoms with Crippen molar-refractivity contribution in [1.82, 2.24) is 10.2 Å². The van der Waals surface area contributed by atoms with Crippen LogP contribution in [0, 0.1) is 0 Å². The molecule has 0 aromatic heterocycles. The summed E-state index contributed by atoms with van der Waals surface area (Å²) >= 11 is 0. The lowest BCUT2D eigenvalue weighted by molar-refractivity contribution is -0.142. The van der Waals surface area contributed by atoms with E-state index in [0.717, 1.165) is 19.7 Å². The Bertz CT molecular complexity index is 211. The first-order valence-corrected chi connectivity index (χ1v) is 5.25. The van der Waals surface area contributed by atoms with Gasteiger partial charge in [0.2, 0.25) is 0 Å². The summed E-state index contributed by atoms with van der Waals surface area (Å²) in [6.07, 6.45) is 0.163. The highest BCUT2D eigenvalue weighted by Crippen LogP contribution is 2.02. The number of nitrogens with one attached hydrogen (secondary N) is 1. The largest absolute Gasteiger partial charge is 0.468 e. The van der Waals surface area contributed by atoms with Gasteiger partial charge in [0.05, 0.1) is 19.8 Å². The van der Waals surface area contributed by atoms with E-state index >= 15 is 0 Å². The predicted molar refractivity (Wildman–Crippen MR) is 56.7 cm³/mol. The van der Waals surface area contributed by atoms with Crippen molar-refractivity contribution in [3.05, 3.63) is 0 Å². The third kappa shape index (κ3) is 4.15. The molecule has 15 heavy (non-hydrogen) atoms. The van der Waals surface area contributed by atoms with Crippen molar-refractivity contribution in [2.45, 2.75) is 19.1 Å². The number of carbonyl (C=O) groups is 1. The van der Waals surface area contributed by atoms with Crippen molar-refractivity contribution >= 4 is 5.97 Å². The van der Waals surface area contributed by atoms with Gasteiger partial charge in [-0.3, -0.25) is 4.79 Å². The Kier molecular flexibility index (Phi) is 5.01. The van der Waals surface area contributed by atoms with Crippen LogP contribution in [0.3, 0.4) is 0 Å². The van der Waals surface area contributed by atoms with Crippen LogP contribution < -0.4 is 5.32 Å². The summed E-state index contributed by atoms with van der Waals surface area (Å²) < 4.78 is 10.2. The van der Waals surface area contributed by atoms with Crippen LogP contribution in [0.2, 0.25) is 0 Å². The molecule has 1 aliphatic heterocycles. The van der Waals surface area contributed by atoms with Gasteiger partial charge in [0.25, 0.3) is 0 Å². The first kappa shape index (κ1) is 12.4. The summed E-state index contributed by atoms with van der Waals surface area (Å²) in [5.74, 6) is -0.237. The second-order valence-corrected chi connectivity index (χ2v) is 3.91. The van der Waals surface area contributed by atoms with Gasteiger partial charge in [0, 0.05) is 19.6 Å². The third-order valence-corrected chi connectivity index (χ3v) is 2.55. The van der Waals surface area contributed by atoms with E-state index in [2.05, 4.69) is 22.0 Å². The van der Waals surface area contributed by atoms with E-state index in [1.54, 1.807) is 6.92 Å². The molecule has 5 nitrogen and oxygen atoms in total. The van der Waals surface area contributed by atoms with Crippen LogP contribution in [0.1, 0.15) is 6.92 Å². The summed E-state index contributed by atoms with van der Waals surface area (Å²) in [5.41, 5.74) is 0. The van der Waals surface area contributed by atoms with Crippen LogP contribution in [0.25, 0.3) is 0 Å². The Morgan fingerprint density at radius 2 is 2.47 bits per heavy atom. The first-order valence-electron chi connectivity index (χ1n) is 5.25. The monoisotopic (exact) mass is 216 g/mol. The molecule has 2 unspecified atom stereocenters. The van der Waals surface area contributed by atoms with Crippen molar-refractivity contribution < 1.29 is 14.3 Å². The van der Waals surface area contributed by atoms with Crippen LogP contribution >= 0.6 is 0 Å². The highest BCUT2D eigenvalue weighted by molar-refractivity contribution is 5.75. The number of morpholine rings is 1. The molecule has 0 aliphatic carbocycles. The van der Waals surface area contributed by atoms with Crippen LogP contribution in [-0.4, -0.2) is 63.4 Å². The van der Waals surface area contributed by atoms with Gasteiger partial charge in [-0.2, -0.15) is 0 Å². The molecule has 1 N–H and O–H groups in total. The standard InChI is InChI=1S/C10H20N2O3/c1-8(10(13)14-3)11-6-9-7-12(2)4-5-15-9/h8-9,11H,4-7H2,1-3H3. The molecule has 0 saturated carbocycles. The fourth-order valence-electron chi connectivity index (χ4n) is 1.56. The number of nitrogens with zero attached hydrogens (tertiary/aromatic N) is 1. The molecule has 2 atom stereocenters. The number of hydrogen-bond donors (Lipinski definition) is 1. The highest BCUT2D eigenvalue weighted by Gasteiger charge is 2.19. The Balaban J connectivity index is 2.21. The van der Waals surface area contributed by atoms with Crippen LogP contribution in [0.5, 0.6) is 0 Å². The van der Waals surface area contributed by atoms with Gasteiger partial charge in [-0.15, -0.1) is 0 Å². The van der Waals surface area contributed by atoms with Crippen molar-refractivity contribution in [3.8, 4) is 0 Å². The molecule has 0 radical (unpaired) electrons. The molecule has 88 valence electrons. The number of rotatable bonds is 4. The molecule has 5 heteroatoms. The number of ether oxygens (including phenoxy) is 2. The van der Waals surface area contributed by atoms with Crippen molar-refractivity contribution in [1.29, 1.82) is 0 Å². The Morgan fingerprint density at radius 1 is 1.73 bits per heavy atom. The molecule has 0 aromatic rings. The Hall–Kier alpha value is -0.650. The Morgan fingerprint density at radius 3 is 3.07 bits per heavy atom. The predicted octanol–water partition coefficient (Wildman–Crippen LogP) is -0.532. The minimum atomic E-state index is -0.272. The number of methoxy groups -OCH3 is 1. The fourth-order valence-corrected chi connectivity index (χ4v) is 1.56. The van der Waals surface area contributed by atoms with Crippen molar-refractivity contribution in [3.63, 3.8) is 0 Å². The quantitative estimate of drug-likeness (QED) is 0.640. The third-order valence-electron chi connectivity index (χ3n) is 2.55. The molecule has 1 aliphatic rings. The van der Waals surface area contributed by atoms with E-state index in [0.29, 0.717) is 6.54 Å². The normalized spacial score (nSPS) is 24.9. The van der Waals surface area contributed by atoms with Gasteiger partial charge in [-0.05, 0) is 14.0 Å². The van der Waals surface area contributed by atoms with Crippen molar-refractivity contribution in [2.75, 3.05) is 40.4 Å². The molecule has 1 saturated heterocycles. The van der Waals surface area contributed by atoms with Gasteiger partial charge in [0.1, 0.15) is 6.04 Å². The number of esters is 1. The van der Waals surface area contributed by atoms with E-state index in [9.17, 15) is 4.79 Å². The lowest BCUT2D eigenvalue weighted by Gasteiger charge is -2.30. The molecule has 1 heterocycles. The molecule has 0 spiro atoms. The maximum absolute atomic E-state index is 11.1. The smallest absolute Gasteiger partial charge is 0.322 e. The average molecular weight is 216 g/mol. The maximum atomic E-state index is 11.1. The Labute approximate surface area is 90.7 Å². The zero-order chi connectivity index (χ0) is 11.3. The summed E-state index contributed by atoms with van der Waals surface area (Å²) in [4.78, 5) is 13.3. The van der Waals surface area contributed by atoms with Crippen LogP contribution in [-0.2, 0) is 14.3 Å². The SMILES string of the molecule is COC(=O)C(C)NCC1CN(C)CCO1. The summed E-state index contributed by atoms with van der Waals surface area (Å²) in [6.45, 7) is 5.11. The van der Waals surface area contributed by atoms with E-state index < -0.39 is 0 Å². The number of hydrogen-bond acceptors (Lipinski definition) is 5. The van der Waals surface area contributed by atoms with Gasteiger partial charge < -0.3 is 19.7 Å². The van der Waals surface area contributed by atoms with Gasteiger partial charge in [-0.1, -0.05) is 0 Å². The molecule has 0 bridgehead atoms. The van der Waals surface area contributed by atoms with Crippen molar-refractivity contribution in [2.24, 2.45) is 0 Å². The second kappa shape index (κ2) is 6.05. The zero-order valence-corrected chi connectivity index (χ0v) is 9.66. The highest BCUT2D eigenvalue weighted by atomic mass is 16.5. The van der Waals surface area contributed by atoms with E-state index in [1.165, 1.54) is 7.11 Å². The van der Waals surface area contributed by atoms with Gasteiger partial charge in [0.15, 0.2) is 0 Å². The van der Waals surface area contributed by atoms with E-state index in [4.69, 9.17) is 4.74 Å². The van der Waals surface area contributed by atoms with E-state index in [1.807, 2.05) is 0 Å². The van der Waals surface area contributed by atoms with Crippen LogP contribution in [0.4, 0.5) is 0 Å². The average Bonchev–Trinajstić information content (AvgIpc) is 2.25. The van der Waals surface area contributed by atoms with Gasteiger partial charge in [-0.25, -0.2) is 0 Å². The minimum Gasteiger partial charge on any atom is -0.468 e. The molecule has 0 amide bonds. The summed E-state index contributed by atoms with van der Waals surface area (Å²) in [6, 6.07) is -0.272. The van der Waals surface area contributed by atoms with Crippen LogP contribution in [0.15, 0.2) is 0 Å². The zero-order valence-electron chi connectivity index (χ0n) is 9.66. The molecule has 0 aromatic carbocycles. The topological polar surface area (TPSA) is 50.8 Å².